The summed E-state index contributed by atoms with van der Waals surface area (Å²) < 4.78 is 40.8. The van der Waals surface area contributed by atoms with Crippen LogP contribution in [0.25, 0.3) is 0 Å². The Kier molecular flexibility index (Phi) is 6.25. The van der Waals surface area contributed by atoms with Gasteiger partial charge in [0.05, 0.1) is 28.5 Å². The Balaban J connectivity index is 1.60. The molecule has 1 N–H and O–H groups in total. The summed E-state index contributed by atoms with van der Waals surface area (Å²) in [6, 6.07) is 10.9. The second kappa shape index (κ2) is 8.95. The van der Waals surface area contributed by atoms with E-state index in [0.29, 0.717) is 17.2 Å². The summed E-state index contributed by atoms with van der Waals surface area (Å²) >= 11 is 9.48. The molecule has 0 radical (unpaired) electrons. The molecule has 2 heterocycles. The number of carbonyl (C=O) groups is 1. The molecule has 1 aromatic heterocycles. The van der Waals surface area contributed by atoms with E-state index in [4.69, 9.17) is 11.6 Å². The van der Waals surface area contributed by atoms with E-state index >= 15 is 0 Å². The Morgan fingerprint density at radius 1 is 1.19 bits per heavy atom. The van der Waals surface area contributed by atoms with Gasteiger partial charge in [0.2, 0.25) is 0 Å². The zero-order valence-corrected chi connectivity index (χ0v) is 18.7. The Bertz CT molecular complexity index is 1160. The van der Waals surface area contributed by atoms with E-state index in [1.54, 1.807) is 10.9 Å². The molecule has 0 aliphatic carbocycles. The van der Waals surface area contributed by atoms with Gasteiger partial charge in [0, 0.05) is 28.5 Å². The molecule has 166 valence electrons. The van der Waals surface area contributed by atoms with Crippen LogP contribution in [0, 0.1) is 0 Å². The largest absolute Gasteiger partial charge is 0.416 e. The van der Waals surface area contributed by atoms with Crippen LogP contribution in [-0.4, -0.2) is 33.1 Å². The number of benzene rings is 2. The molecule has 4 rings (SSSR count). The predicted octanol–water partition coefficient (Wildman–Crippen LogP) is 6.20. The lowest BCUT2D eigenvalue weighted by Gasteiger charge is -2.30. The third-order valence-electron chi connectivity index (χ3n) is 4.87. The first-order valence-corrected chi connectivity index (χ1v) is 10.7. The number of alkyl halides is 3. The molecule has 0 bridgehead atoms. The van der Waals surface area contributed by atoms with Crippen LogP contribution in [0.2, 0.25) is 5.02 Å². The lowest BCUT2D eigenvalue weighted by molar-refractivity contribution is -0.137. The molecule has 0 saturated carbocycles. The summed E-state index contributed by atoms with van der Waals surface area (Å²) in [6.07, 6.45) is -0.700. The van der Waals surface area contributed by atoms with Gasteiger partial charge in [0.15, 0.2) is 0 Å². The van der Waals surface area contributed by atoms with Crippen molar-refractivity contribution in [2.24, 2.45) is 5.10 Å². The summed E-state index contributed by atoms with van der Waals surface area (Å²) in [4.78, 5) is 12.8. The van der Waals surface area contributed by atoms with E-state index in [0.717, 1.165) is 22.2 Å². The van der Waals surface area contributed by atoms with Gasteiger partial charge in [-0.1, -0.05) is 39.7 Å². The monoisotopic (exact) mass is 525 g/mol. The lowest BCUT2D eigenvalue weighted by Crippen LogP contribution is -2.39. The number of urea groups is 1. The van der Waals surface area contributed by atoms with Crippen molar-refractivity contribution in [1.29, 1.82) is 0 Å². The molecule has 3 aromatic rings. The first kappa shape index (κ1) is 22.3. The fourth-order valence-electron chi connectivity index (χ4n) is 3.35. The van der Waals surface area contributed by atoms with Crippen LogP contribution in [0.5, 0.6) is 0 Å². The van der Waals surface area contributed by atoms with Gasteiger partial charge < -0.3 is 5.32 Å². The second-order valence-corrected chi connectivity index (χ2v) is 8.42. The minimum absolute atomic E-state index is 0.239. The van der Waals surface area contributed by atoms with Crippen molar-refractivity contribution in [3.8, 4) is 0 Å². The van der Waals surface area contributed by atoms with Gasteiger partial charge in [-0.3, -0.25) is 4.68 Å². The third kappa shape index (κ3) is 4.97. The lowest BCUT2D eigenvalue weighted by atomic mass is 9.99. The van der Waals surface area contributed by atoms with Gasteiger partial charge in [-0.25, -0.2) is 9.80 Å². The molecule has 0 saturated heterocycles. The number of nitrogens with one attached hydrogen (secondary N) is 1. The minimum Gasteiger partial charge on any atom is -0.306 e. The number of hydrazone groups is 1. The third-order valence-corrected chi connectivity index (χ3v) is 5.55. The topological polar surface area (TPSA) is 62.5 Å². The number of carbonyl (C=O) groups excluding carboxylic acids is 1. The molecule has 0 spiro atoms. The van der Waals surface area contributed by atoms with E-state index in [9.17, 15) is 18.0 Å². The van der Waals surface area contributed by atoms with Crippen molar-refractivity contribution < 1.29 is 18.0 Å². The van der Waals surface area contributed by atoms with E-state index in [-0.39, 0.29) is 18.3 Å². The highest BCUT2D eigenvalue weighted by molar-refractivity contribution is 9.10. The number of rotatable bonds is 3. The SMILES string of the molecule is O=C(Nc1ccc(C(F)(F)F)cc1)N1CCC(n2cc(Cl)cn2)C(c2cccc(Br)c2)=N1. The number of amides is 2. The van der Waals surface area contributed by atoms with Crippen molar-refractivity contribution in [3.63, 3.8) is 0 Å². The zero-order chi connectivity index (χ0) is 22.9. The number of aromatic nitrogens is 2. The molecular weight excluding hydrogens is 511 g/mol. The molecule has 1 aliphatic rings. The highest BCUT2D eigenvalue weighted by atomic mass is 79.9. The average Bonchev–Trinajstić information content (AvgIpc) is 3.19. The van der Waals surface area contributed by atoms with E-state index in [2.05, 4.69) is 31.4 Å². The van der Waals surface area contributed by atoms with Crippen LogP contribution < -0.4 is 5.32 Å². The van der Waals surface area contributed by atoms with Crippen LogP contribution in [0.1, 0.15) is 23.6 Å². The molecular formula is C21H16BrClF3N5O. The summed E-state index contributed by atoms with van der Waals surface area (Å²) in [5.41, 5.74) is 0.857. The van der Waals surface area contributed by atoms with Crippen molar-refractivity contribution in [1.82, 2.24) is 14.8 Å². The van der Waals surface area contributed by atoms with Gasteiger partial charge >= 0.3 is 12.2 Å². The zero-order valence-electron chi connectivity index (χ0n) is 16.4. The molecule has 1 aliphatic heterocycles. The molecule has 11 heteroatoms. The summed E-state index contributed by atoms with van der Waals surface area (Å²) in [6.45, 7) is 0.284. The van der Waals surface area contributed by atoms with Gasteiger partial charge in [0.25, 0.3) is 0 Å². The van der Waals surface area contributed by atoms with Gasteiger partial charge in [-0.05, 0) is 42.8 Å². The first-order chi connectivity index (χ1) is 15.2. The Hall–Kier alpha value is -2.85. The van der Waals surface area contributed by atoms with Crippen molar-refractivity contribution in [2.45, 2.75) is 18.6 Å². The van der Waals surface area contributed by atoms with Crippen LogP contribution in [-0.2, 0) is 6.18 Å². The fraction of sp³-hybridized carbons (Fsp3) is 0.190. The maximum Gasteiger partial charge on any atom is 0.416 e. The smallest absolute Gasteiger partial charge is 0.306 e. The van der Waals surface area contributed by atoms with Crippen LogP contribution in [0.4, 0.5) is 23.7 Å². The van der Waals surface area contributed by atoms with Gasteiger partial charge in [0.1, 0.15) is 0 Å². The highest BCUT2D eigenvalue weighted by Gasteiger charge is 2.31. The molecule has 2 amide bonds. The highest BCUT2D eigenvalue weighted by Crippen LogP contribution is 2.30. The molecule has 1 atom stereocenters. The quantitative estimate of drug-likeness (QED) is 0.442. The number of nitrogens with zero attached hydrogens (tertiary/aromatic N) is 4. The summed E-state index contributed by atoms with van der Waals surface area (Å²) in [5, 5.41) is 13.2. The number of hydrogen-bond acceptors (Lipinski definition) is 3. The van der Waals surface area contributed by atoms with Gasteiger partial charge in [-0.2, -0.15) is 23.4 Å². The predicted molar refractivity (Wildman–Crippen MR) is 119 cm³/mol. The summed E-state index contributed by atoms with van der Waals surface area (Å²) in [7, 11) is 0. The average molecular weight is 527 g/mol. The summed E-state index contributed by atoms with van der Waals surface area (Å²) in [5.74, 6) is 0. The molecule has 6 nitrogen and oxygen atoms in total. The van der Waals surface area contributed by atoms with E-state index < -0.39 is 17.8 Å². The van der Waals surface area contributed by atoms with E-state index in [1.807, 2.05) is 24.3 Å². The van der Waals surface area contributed by atoms with Gasteiger partial charge in [-0.15, -0.1) is 0 Å². The first-order valence-electron chi connectivity index (χ1n) is 9.50. The maximum atomic E-state index is 12.8. The standard InChI is InChI=1S/C21H16BrClF3N5O/c22-15-3-1-2-13(10-15)19-18(31-12-16(23)11-27-31)8-9-30(29-19)20(32)28-17-6-4-14(5-7-17)21(24,25)26/h1-7,10-12,18H,8-9H2,(H,28,32). The fourth-order valence-corrected chi connectivity index (χ4v) is 3.89. The van der Waals surface area contributed by atoms with E-state index in [1.165, 1.54) is 23.3 Å². The Morgan fingerprint density at radius 3 is 2.56 bits per heavy atom. The van der Waals surface area contributed by atoms with Crippen LogP contribution >= 0.6 is 27.5 Å². The number of anilines is 1. The molecule has 2 aromatic carbocycles. The maximum absolute atomic E-state index is 12.8. The second-order valence-electron chi connectivity index (χ2n) is 7.07. The van der Waals surface area contributed by atoms with Crippen molar-refractivity contribution in [3.05, 3.63) is 81.5 Å². The minimum atomic E-state index is -4.44. The van der Waals surface area contributed by atoms with Crippen LogP contribution in [0.15, 0.2) is 70.5 Å². The number of hydrogen-bond donors (Lipinski definition) is 1. The van der Waals surface area contributed by atoms with Crippen molar-refractivity contribution >= 4 is 45.0 Å². The molecule has 1 unspecified atom stereocenters. The van der Waals surface area contributed by atoms with Crippen LogP contribution in [0.3, 0.4) is 0 Å². The molecule has 0 fully saturated rings. The molecule has 32 heavy (non-hydrogen) atoms. The number of halogens is 5. The Morgan fingerprint density at radius 2 is 1.94 bits per heavy atom. The Labute approximate surface area is 194 Å². The van der Waals surface area contributed by atoms with Crippen molar-refractivity contribution in [2.75, 3.05) is 11.9 Å². The normalized spacial score (nSPS) is 16.6.